The molecule has 0 radical (unpaired) electrons. The largest absolute Gasteiger partial charge is 0.324 e. The molecule has 0 aliphatic rings. The summed E-state index contributed by atoms with van der Waals surface area (Å²) in [5, 5.41) is 7.90. The van der Waals surface area contributed by atoms with E-state index in [9.17, 15) is 4.79 Å². The van der Waals surface area contributed by atoms with Crippen molar-refractivity contribution in [3.05, 3.63) is 51.6 Å². The van der Waals surface area contributed by atoms with E-state index < -0.39 is 0 Å². The van der Waals surface area contributed by atoms with Crippen LogP contribution in [-0.2, 0) is 11.2 Å². The molecule has 0 saturated heterocycles. The molecule has 0 atom stereocenters. The molecule has 3 heterocycles. The molecule has 3 aromatic heterocycles. The quantitative estimate of drug-likeness (QED) is 0.765. The van der Waals surface area contributed by atoms with Crippen LogP contribution in [0.3, 0.4) is 0 Å². The van der Waals surface area contributed by atoms with Crippen LogP contribution in [0.5, 0.6) is 0 Å². The molecule has 1 N–H and O–H groups in total. The lowest BCUT2D eigenvalue weighted by atomic mass is 10.1. The number of thiophene rings is 1. The highest BCUT2D eigenvalue weighted by molar-refractivity contribution is 7.20. The van der Waals surface area contributed by atoms with Gasteiger partial charge in [0, 0.05) is 11.1 Å². The van der Waals surface area contributed by atoms with Crippen molar-refractivity contribution in [2.24, 2.45) is 0 Å². The molecule has 0 fully saturated rings. The van der Waals surface area contributed by atoms with Crippen LogP contribution >= 0.6 is 22.7 Å². The van der Waals surface area contributed by atoms with Crippen molar-refractivity contribution in [2.45, 2.75) is 27.2 Å². The van der Waals surface area contributed by atoms with Crippen LogP contribution in [0, 0.1) is 20.8 Å². The van der Waals surface area contributed by atoms with E-state index in [1.165, 1.54) is 0 Å². The minimum absolute atomic E-state index is 0.0649. The Balaban J connectivity index is 1.71. The number of anilines is 1. The first kappa shape index (κ1) is 15.8. The Morgan fingerprint density at radius 2 is 2.04 bits per heavy atom. The highest BCUT2D eigenvalue weighted by Gasteiger charge is 2.12. The zero-order valence-electron chi connectivity index (χ0n) is 13.2. The average molecular weight is 343 g/mol. The predicted octanol–water partition coefficient (Wildman–Crippen LogP) is 4.37. The maximum absolute atomic E-state index is 12.3. The van der Waals surface area contributed by atoms with E-state index in [4.69, 9.17) is 0 Å². The van der Waals surface area contributed by atoms with Gasteiger partial charge in [-0.1, -0.05) is 6.07 Å². The second kappa shape index (κ2) is 6.60. The van der Waals surface area contributed by atoms with Crippen molar-refractivity contribution in [2.75, 3.05) is 5.32 Å². The molecule has 0 aliphatic heterocycles. The monoisotopic (exact) mass is 343 g/mol. The lowest BCUT2D eigenvalue weighted by Gasteiger charge is -2.11. The Labute approximate surface area is 143 Å². The fourth-order valence-electron chi connectivity index (χ4n) is 2.46. The molecular weight excluding hydrogens is 326 g/mol. The third kappa shape index (κ3) is 3.65. The number of carbonyl (C=O) groups excluding carboxylic acids is 1. The van der Waals surface area contributed by atoms with Crippen molar-refractivity contribution in [3.8, 4) is 9.88 Å². The molecule has 4 nitrogen and oxygen atoms in total. The van der Waals surface area contributed by atoms with E-state index in [0.717, 1.165) is 38.2 Å². The first-order valence-corrected chi connectivity index (χ1v) is 9.02. The SMILES string of the molecule is Cc1cc(C)c(NC(=O)Cc2csc(-c3cccs3)n2)c(C)n1. The number of amides is 1. The van der Waals surface area contributed by atoms with Crippen LogP contribution in [0.25, 0.3) is 9.88 Å². The molecule has 6 heteroatoms. The fraction of sp³-hybridized carbons (Fsp3) is 0.235. The molecule has 0 spiro atoms. The van der Waals surface area contributed by atoms with Crippen LogP contribution in [0.15, 0.2) is 29.0 Å². The summed E-state index contributed by atoms with van der Waals surface area (Å²) in [5.41, 5.74) is 4.42. The van der Waals surface area contributed by atoms with Gasteiger partial charge in [0.2, 0.25) is 5.91 Å². The summed E-state index contributed by atoms with van der Waals surface area (Å²) < 4.78 is 0. The third-order valence-electron chi connectivity index (χ3n) is 3.42. The summed E-state index contributed by atoms with van der Waals surface area (Å²) in [6, 6.07) is 6.02. The molecule has 0 saturated carbocycles. The van der Waals surface area contributed by atoms with Crippen molar-refractivity contribution in [3.63, 3.8) is 0 Å². The van der Waals surface area contributed by atoms with Gasteiger partial charge in [0.1, 0.15) is 5.01 Å². The fourth-order valence-corrected chi connectivity index (χ4v) is 4.10. The van der Waals surface area contributed by atoms with Crippen LogP contribution < -0.4 is 5.32 Å². The number of thiazole rings is 1. The lowest BCUT2D eigenvalue weighted by Crippen LogP contribution is -2.17. The van der Waals surface area contributed by atoms with E-state index in [-0.39, 0.29) is 12.3 Å². The molecule has 23 heavy (non-hydrogen) atoms. The number of carbonyl (C=O) groups is 1. The lowest BCUT2D eigenvalue weighted by molar-refractivity contribution is -0.115. The second-order valence-electron chi connectivity index (χ2n) is 5.39. The Kier molecular flexibility index (Phi) is 4.54. The maximum atomic E-state index is 12.3. The van der Waals surface area contributed by atoms with E-state index in [0.29, 0.717) is 0 Å². The van der Waals surface area contributed by atoms with Crippen LogP contribution in [0.1, 0.15) is 22.6 Å². The minimum Gasteiger partial charge on any atom is -0.324 e. The summed E-state index contributed by atoms with van der Waals surface area (Å²) in [7, 11) is 0. The number of pyridine rings is 1. The van der Waals surface area contributed by atoms with Gasteiger partial charge in [-0.15, -0.1) is 22.7 Å². The standard InChI is InChI=1S/C17H17N3OS2/c1-10-7-11(2)18-12(3)16(10)20-15(21)8-13-9-23-17(19-13)14-5-4-6-22-14/h4-7,9H,8H2,1-3H3,(H,20,21). The Morgan fingerprint density at radius 1 is 1.22 bits per heavy atom. The van der Waals surface area contributed by atoms with Gasteiger partial charge in [-0.2, -0.15) is 0 Å². The second-order valence-corrected chi connectivity index (χ2v) is 7.19. The van der Waals surface area contributed by atoms with Gasteiger partial charge >= 0.3 is 0 Å². The molecule has 0 bridgehead atoms. The number of hydrogen-bond acceptors (Lipinski definition) is 5. The highest BCUT2D eigenvalue weighted by Crippen LogP contribution is 2.28. The van der Waals surface area contributed by atoms with E-state index in [1.807, 2.05) is 49.7 Å². The van der Waals surface area contributed by atoms with Gasteiger partial charge < -0.3 is 5.32 Å². The molecule has 1 amide bonds. The van der Waals surface area contributed by atoms with Gasteiger partial charge in [0.15, 0.2) is 0 Å². The Hall–Kier alpha value is -2.05. The topological polar surface area (TPSA) is 54.9 Å². The zero-order chi connectivity index (χ0) is 16.4. The van der Waals surface area contributed by atoms with Crippen molar-refractivity contribution >= 4 is 34.3 Å². The average Bonchev–Trinajstić information content (AvgIpc) is 3.13. The Bertz CT molecular complexity index is 814. The molecule has 3 rings (SSSR count). The number of aryl methyl sites for hydroxylation is 3. The highest BCUT2D eigenvalue weighted by atomic mass is 32.1. The number of rotatable bonds is 4. The molecule has 0 unspecified atom stereocenters. The maximum Gasteiger partial charge on any atom is 0.230 e. The number of aromatic nitrogens is 2. The number of hydrogen-bond donors (Lipinski definition) is 1. The predicted molar refractivity (Wildman–Crippen MR) is 96.2 cm³/mol. The van der Waals surface area contributed by atoms with Crippen LogP contribution in [0.2, 0.25) is 0 Å². The summed E-state index contributed by atoms with van der Waals surface area (Å²) in [5.74, 6) is -0.0649. The molecule has 0 aromatic carbocycles. The number of nitrogens with zero attached hydrogens (tertiary/aromatic N) is 2. The first-order chi connectivity index (χ1) is 11.0. The van der Waals surface area contributed by atoms with Crippen molar-refractivity contribution in [1.29, 1.82) is 0 Å². The molecule has 3 aromatic rings. The van der Waals surface area contributed by atoms with E-state index >= 15 is 0 Å². The summed E-state index contributed by atoms with van der Waals surface area (Å²) in [6.07, 6.45) is 0.272. The summed E-state index contributed by atoms with van der Waals surface area (Å²) in [6.45, 7) is 5.84. The van der Waals surface area contributed by atoms with Gasteiger partial charge in [-0.25, -0.2) is 4.98 Å². The molecular formula is C17H17N3OS2. The molecule has 0 aliphatic carbocycles. The van der Waals surface area contributed by atoms with Gasteiger partial charge in [0.25, 0.3) is 0 Å². The zero-order valence-corrected chi connectivity index (χ0v) is 14.8. The van der Waals surface area contributed by atoms with Crippen LogP contribution in [0.4, 0.5) is 5.69 Å². The minimum atomic E-state index is -0.0649. The first-order valence-electron chi connectivity index (χ1n) is 7.26. The summed E-state index contributed by atoms with van der Waals surface area (Å²) >= 11 is 3.23. The van der Waals surface area contributed by atoms with Crippen molar-refractivity contribution in [1.82, 2.24) is 9.97 Å². The number of nitrogens with one attached hydrogen (secondary N) is 1. The third-order valence-corrected chi connectivity index (χ3v) is 5.35. The smallest absolute Gasteiger partial charge is 0.230 e. The van der Waals surface area contributed by atoms with E-state index in [1.54, 1.807) is 22.7 Å². The molecule has 118 valence electrons. The van der Waals surface area contributed by atoms with Gasteiger partial charge in [-0.05, 0) is 43.8 Å². The van der Waals surface area contributed by atoms with Gasteiger partial charge in [0.05, 0.1) is 28.4 Å². The summed E-state index contributed by atoms with van der Waals surface area (Å²) in [4.78, 5) is 22.4. The normalized spacial score (nSPS) is 10.7. The van der Waals surface area contributed by atoms with E-state index in [2.05, 4.69) is 15.3 Å². The van der Waals surface area contributed by atoms with Gasteiger partial charge in [-0.3, -0.25) is 9.78 Å². The van der Waals surface area contributed by atoms with Crippen LogP contribution in [-0.4, -0.2) is 15.9 Å². The van der Waals surface area contributed by atoms with Crippen molar-refractivity contribution < 1.29 is 4.79 Å². The Morgan fingerprint density at radius 3 is 2.74 bits per heavy atom.